The van der Waals surface area contributed by atoms with Crippen molar-refractivity contribution in [2.75, 3.05) is 19.3 Å². The van der Waals surface area contributed by atoms with Crippen molar-refractivity contribution in [1.29, 1.82) is 0 Å². The minimum atomic E-state index is -0.120. The summed E-state index contributed by atoms with van der Waals surface area (Å²) in [6.45, 7) is 8.65. The van der Waals surface area contributed by atoms with E-state index in [1.165, 1.54) is 43.2 Å². The Bertz CT molecular complexity index is 1080. The summed E-state index contributed by atoms with van der Waals surface area (Å²) >= 11 is 1.80. The first kappa shape index (κ1) is 31.0. The number of nitrogens with one attached hydrogen (secondary N) is 1. The molecule has 2 aromatic rings. The van der Waals surface area contributed by atoms with Crippen molar-refractivity contribution in [3.63, 3.8) is 0 Å². The molecule has 2 aliphatic rings. The Balaban J connectivity index is 1.26. The maximum atomic E-state index is 11.8. The number of carbonyl (C=O) groups is 2. The summed E-state index contributed by atoms with van der Waals surface area (Å²) in [5, 5.41) is 3.95. The SMILES string of the molecule is CCCC(C=O)N(C)Cc1c(C=O)cccc1SCCc1ccc(CCNC2(C)CC3CC(C)CC(C3)C2)cc1. The molecule has 0 aromatic heterocycles. The largest absolute Gasteiger partial charge is 0.311 e. The molecule has 0 radical (unpaired) electrons. The smallest absolute Gasteiger partial charge is 0.150 e. The number of benzene rings is 2. The van der Waals surface area contributed by atoms with Crippen molar-refractivity contribution in [3.8, 4) is 0 Å². The van der Waals surface area contributed by atoms with Crippen LogP contribution in [0.3, 0.4) is 0 Å². The monoisotopic (exact) mass is 562 g/mol. The quantitative estimate of drug-likeness (QED) is 0.181. The van der Waals surface area contributed by atoms with Gasteiger partial charge in [0.1, 0.15) is 12.6 Å². The summed E-state index contributed by atoms with van der Waals surface area (Å²) in [4.78, 5) is 26.6. The van der Waals surface area contributed by atoms with Gasteiger partial charge in [-0.15, -0.1) is 11.8 Å². The molecule has 4 rings (SSSR count). The highest BCUT2D eigenvalue weighted by molar-refractivity contribution is 7.99. The van der Waals surface area contributed by atoms with E-state index in [1.54, 1.807) is 11.8 Å². The molecule has 5 heteroatoms. The van der Waals surface area contributed by atoms with Crippen LogP contribution in [0.5, 0.6) is 0 Å². The highest BCUT2D eigenvalue weighted by atomic mass is 32.2. The van der Waals surface area contributed by atoms with E-state index >= 15 is 0 Å². The summed E-state index contributed by atoms with van der Waals surface area (Å²) in [6.07, 6.45) is 12.8. The maximum Gasteiger partial charge on any atom is 0.150 e. The minimum Gasteiger partial charge on any atom is -0.311 e. The van der Waals surface area contributed by atoms with Gasteiger partial charge in [0.2, 0.25) is 0 Å². The van der Waals surface area contributed by atoms with Gasteiger partial charge in [-0.2, -0.15) is 0 Å². The molecule has 3 unspecified atom stereocenters. The van der Waals surface area contributed by atoms with Gasteiger partial charge in [-0.3, -0.25) is 9.69 Å². The van der Waals surface area contributed by atoms with Crippen molar-refractivity contribution in [2.45, 2.75) is 102 Å². The number of fused-ring (bicyclic) bond motifs is 2. The van der Waals surface area contributed by atoms with Crippen LogP contribution in [-0.4, -0.2) is 48.4 Å². The van der Waals surface area contributed by atoms with Crippen LogP contribution in [0.4, 0.5) is 0 Å². The van der Waals surface area contributed by atoms with Gasteiger partial charge in [0.15, 0.2) is 0 Å². The van der Waals surface area contributed by atoms with Gasteiger partial charge < -0.3 is 10.1 Å². The number of aldehydes is 2. The second-order valence-electron chi connectivity index (χ2n) is 13.0. The molecule has 2 saturated carbocycles. The fraction of sp³-hybridized carbons (Fsp3) is 0.600. The number of rotatable bonds is 15. The minimum absolute atomic E-state index is 0.120. The molecular formula is C35H50N2O2S. The van der Waals surface area contributed by atoms with E-state index in [1.807, 2.05) is 19.2 Å². The average Bonchev–Trinajstić information content (AvgIpc) is 2.92. The van der Waals surface area contributed by atoms with Crippen molar-refractivity contribution in [2.24, 2.45) is 17.8 Å². The Hall–Kier alpha value is -1.95. The number of hydrogen-bond donors (Lipinski definition) is 1. The zero-order valence-corrected chi connectivity index (χ0v) is 26.0. The summed E-state index contributed by atoms with van der Waals surface area (Å²) < 4.78 is 0. The summed E-state index contributed by atoms with van der Waals surface area (Å²) in [5.74, 6) is 3.71. The molecule has 0 saturated heterocycles. The summed E-state index contributed by atoms with van der Waals surface area (Å²) in [7, 11) is 1.98. The normalized spacial score (nSPS) is 25.1. The first-order valence-electron chi connectivity index (χ1n) is 15.5. The van der Waals surface area contributed by atoms with Crippen LogP contribution in [0.2, 0.25) is 0 Å². The lowest BCUT2D eigenvalue weighted by molar-refractivity contribution is -0.112. The number of carbonyl (C=O) groups excluding carboxylic acids is 2. The predicted octanol–water partition coefficient (Wildman–Crippen LogP) is 7.37. The number of aryl methyl sites for hydroxylation is 1. The highest BCUT2D eigenvalue weighted by Gasteiger charge is 2.40. The number of thioether (sulfide) groups is 1. The number of nitrogens with zero attached hydrogens (tertiary/aromatic N) is 1. The molecule has 1 N–H and O–H groups in total. The third kappa shape index (κ3) is 8.53. The van der Waals surface area contributed by atoms with Gasteiger partial charge in [0.05, 0.1) is 6.04 Å². The number of likely N-dealkylation sites (N-methyl/N-ethyl adjacent to an activating group) is 1. The van der Waals surface area contributed by atoms with Crippen molar-refractivity contribution in [1.82, 2.24) is 10.2 Å². The lowest BCUT2D eigenvalue weighted by Gasteiger charge is -2.47. The fourth-order valence-corrected chi connectivity index (χ4v) is 8.53. The molecule has 2 bridgehead atoms. The zero-order chi connectivity index (χ0) is 28.5. The summed E-state index contributed by atoms with van der Waals surface area (Å²) in [6, 6.07) is 15.0. The van der Waals surface area contributed by atoms with Gasteiger partial charge >= 0.3 is 0 Å². The van der Waals surface area contributed by atoms with E-state index in [2.05, 4.69) is 61.3 Å². The Morgan fingerprint density at radius 1 is 1.02 bits per heavy atom. The second-order valence-corrected chi connectivity index (χ2v) is 14.1. The van der Waals surface area contributed by atoms with Crippen LogP contribution in [0.1, 0.15) is 92.8 Å². The lowest BCUT2D eigenvalue weighted by Crippen LogP contribution is -2.50. The third-order valence-electron chi connectivity index (χ3n) is 9.26. The van der Waals surface area contributed by atoms with E-state index in [0.717, 1.165) is 84.3 Å². The molecule has 218 valence electrons. The van der Waals surface area contributed by atoms with E-state index in [0.29, 0.717) is 12.1 Å². The zero-order valence-electron chi connectivity index (χ0n) is 25.2. The van der Waals surface area contributed by atoms with Gasteiger partial charge in [0.25, 0.3) is 0 Å². The third-order valence-corrected chi connectivity index (χ3v) is 10.4. The van der Waals surface area contributed by atoms with E-state index in [9.17, 15) is 9.59 Å². The van der Waals surface area contributed by atoms with Crippen molar-refractivity contribution in [3.05, 3.63) is 64.7 Å². The molecule has 0 heterocycles. The van der Waals surface area contributed by atoms with E-state index in [4.69, 9.17) is 0 Å². The van der Waals surface area contributed by atoms with Crippen LogP contribution < -0.4 is 5.32 Å². The molecule has 2 aromatic carbocycles. The van der Waals surface area contributed by atoms with Crippen molar-refractivity contribution < 1.29 is 9.59 Å². The maximum absolute atomic E-state index is 11.8. The topological polar surface area (TPSA) is 49.4 Å². The lowest BCUT2D eigenvalue weighted by atomic mass is 9.62. The first-order valence-corrected chi connectivity index (χ1v) is 16.5. The van der Waals surface area contributed by atoms with Gasteiger partial charge in [-0.1, -0.05) is 56.7 Å². The van der Waals surface area contributed by atoms with E-state index < -0.39 is 0 Å². The summed E-state index contributed by atoms with van der Waals surface area (Å²) in [5.41, 5.74) is 4.80. The Morgan fingerprint density at radius 3 is 2.33 bits per heavy atom. The Kier molecular flexibility index (Phi) is 11.5. The fourth-order valence-electron chi connectivity index (χ4n) is 7.45. The molecule has 0 amide bonds. The Morgan fingerprint density at radius 2 is 1.70 bits per heavy atom. The predicted molar refractivity (Wildman–Crippen MR) is 168 cm³/mol. The standard InChI is InChI=1S/C35H50N2O2S/c1-5-7-32(25-39)37(4)23-33-31(24-38)8-6-9-34(33)40-17-15-28-12-10-27(11-13-28)14-16-36-35(3)21-29-18-26(2)19-30(20-29)22-35/h6,8-13,24-26,29-30,32,36H,5,7,14-23H2,1-4H3. The van der Waals surface area contributed by atoms with Crippen LogP contribution in [0, 0.1) is 17.8 Å². The van der Waals surface area contributed by atoms with Crippen LogP contribution in [0.15, 0.2) is 47.4 Å². The van der Waals surface area contributed by atoms with Crippen LogP contribution in [0.25, 0.3) is 0 Å². The Labute approximate surface area is 247 Å². The van der Waals surface area contributed by atoms with Crippen molar-refractivity contribution >= 4 is 24.3 Å². The molecular weight excluding hydrogens is 512 g/mol. The molecule has 4 nitrogen and oxygen atoms in total. The molecule has 0 spiro atoms. The molecule has 40 heavy (non-hydrogen) atoms. The van der Waals surface area contributed by atoms with Crippen LogP contribution >= 0.6 is 11.8 Å². The average molecular weight is 563 g/mol. The molecule has 3 atom stereocenters. The van der Waals surface area contributed by atoms with Crippen LogP contribution in [-0.2, 0) is 24.2 Å². The number of hydrogen-bond acceptors (Lipinski definition) is 5. The van der Waals surface area contributed by atoms with E-state index in [-0.39, 0.29) is 6.04 Å². The van der Waals surface area contributed by atoms with Gasteiger partial charge in [-0.25, -0.2) is 0 Å². The van der Waals surface area contributed by atoms with Gasteiger partial charge in [-0.05, 0) is 112 Å². The van der Waals surface area contributed by atoms with Gasteiger partial charge in [0, 0.05) is 28.3 Å². The molecule has 2 fully saturated rings. The second kappa shape index (κ2) is 14.8. The highest BCUT2D eigenvalue weighted by Crippen LogP contribution is 2.46. The molecule has 2 aliphatic carbocycles. The molecule has 0 aliphatic heterocycles. The first-order chi connectivity index (χ1) is 19.3.